The van der Waals surface area contributed by atoms with Gasteiger partial charge in [0.05, 0.1) is 26.2 Å². The topological polar surface area (TPSA) is 139 Å². The number of carboxylic acids is 2. The summed E-state index contributed by atoms with van der Waals surface area (Å²) in [7, 11) is 2.84. The van der Waals surface area contributed by atoms with E-state index in [0.717, 1.165) is 12.2 Å². The number of rotatable bonds is 6. The van der Waals surface area contributed by atoms with Gasteiger partial charge in [-0.2, -0.15) is 0 Å². The van der Waals surface area contributed by atoms with Gasteiger partial charge in [0, 0.05) is 0 Å². The number of phenolic OH excluding ortho intramolecular Hbond substituents is 2. The van der Waals surface area contributed by atoms with Gasteiger partial charge >= 0.3 is 23.1 Å². The second-order valence-electron chi connectivity index (χ2n) is 5.17. The van der Waals surface area contributed by atoms with Crippen LogP contribution in [0.4, 0.5) is 0 Å². The maximum Gasteiger partial charge on any atom is 2.00 e. The number of phenols is 2. The van der Waals surface area contributed by atoms with Crippen molar-refractivity contribution in [2.24, 2.45) is 0 Å². The molecule has 0 aliphatic rings. The van der Waals surface area contributed by atoms with Gasteiger partial charge in [0.15, 0.2) is 23.0 Å². The van der Waals surface area contributed by atoms with E-state index in [1.54, 1.807) is 12.1 Å². The third-order valence-electron chi connectivity index (χ3n) is 3.23. The van der Waals surface area contributed by atoms with E-state index < -0.39 is 11.9 Å². The summed E-state index contributed by atoms with van der Waals surface area (Å²) in [4.78, 5) is 20.2. The first-order chi connectivity index (χ1) is 13.3. The fourth-order valence-electron chi connectivity index (χ4n) is 1.92. The van der Waals surface area contributed by atoms with Crippen LogP contribution in [0, 0.1) is 0 Å². The Balaban J connectivity index is 0.000000523. The molecule has 0 aromatic heterocycles. The summed E-state index contributed by atoms with van der Waals surface area (Å²) in [5.41, 5.74) is 1.23. The number of carbonyl (C=O) groups excluding carboxylic acids is 2. The number of benzene rings is 2. The molecule has 0 amide bonds. The average Bonchev–Trinajstić information content (AvgIpc) is 2.67. The van der Waals surface area contributed by atoms with Crippen molar-refractivity contribution in [2.45, 2.75) is 0 Å². The number of hydrogen-bond acceptors (Lipinski definition) is 8. The summed E-state index contributed by atoms with van der Waals surface area (Å²) in [5, 5.41) is 38.7. The number of carboxylic acid groups (broad SMARTS) is 2. The van der Waals surface area contributed by atoms with Crippen LogP contribution < -0.4 is 19.7 Å². The molecule has 9 heteroatoms. The first-order valence-electron chi connectivity index (χ1n) is 7.79. The van der Waals surface area contributed by atoms with Gasteiger partial charge in [0.25, 0.3) is 0 Å². The molecule has 0 atom stereocenters. The number of ether oxygens (including phenoxy) is 2. The average molecular weight is 411 g/mol. The predicted octanol–water partition coefficient (Wildman–Crippen LogP) is -0.0530. The predicted molar refractivity (Wildman–Crippen MR) is 103 cm³/mol. The van der Waals surface area contributed by atoms with Crippen LogP contribution in [-0.2, 0) is 9.59 Å². The molecule has 0 aliphatic heterocycles. The number of methoxy groups -OCH3 is 2. The molecule has 2 aromatic carbocycles. The summed E-state index contributed by atoms with van der Waals surface area (Å²) in [5.74, 6) is -1.92. The van der Waals surface area contributed by atoms with Crippen LogP contribution in [0.1, 0.15) is 11.1 Å². The molecule has 0 bridgehead atoms. The molecule has 0 spiro atoms. The minimum absolute atomic E-state index is 0. The van der Waals surface area contributed by atoms with E-state index in [1.165, 1.54) is 50.6 Å². The first-order valence-corrected chi connectivity index (χ1v) is 7.79. The SMILES string of the molecule is COc1cc(/C=C/C(=O)[O-])ccc1O.COc1cc(/C=C/C(=O)[O-])ccc1O.[Mg+2]. The van der Waals surface area contributed by atoms with E-state index >= 15 is 0 Å². The van der Waals surface area contributed by atoms with Gasteiger partial charge < -0.3 is 39.5 Å². The molecule has 148 valence electrons. The van der Waals surface area contributed by atoms with Crippen LogP contribution in [0.5, 0.6) is 23.0 Å². The Labute approximate surface area is 183 Å². The van der Waals surface area contributed by atoms with Crippen LogP contribution in [-0.4, -0.2) is 59.4 Å². The minimum Gasteiger partial charge on any atom is -0.545 e. The van der Waals surface area contributed by atoms with Crippen LogP contribution in [0.25, 0.3) is 12.2 Å². The molecular weight excluding hydrogens is 393 g/mol. The summed E-state index contributed by atoms with van der Waals surface area (Å²) in [6, 6.07) is 9.03. The quantitative estimate of drug-likeness (QED) is 0.499. The zero-order valence-corrected chi connectivity index (χ0v) is 17.2. The smallest absolute Gasteiger partial charge is 0.545 e. The molecule has 8 nitrogen and oxygen atoms in total. The van der Waals surface area contributed by atoms with Gasteiger partial charge in [0.2, 0.25) is 0 Å². The van der Waals surface area contributed by atoms with Gasteiger partial charge in [-0.25, -0.2) is 0 Å². The summed E-state index contributed by atoms with van der Waals surface area (Å²) in [6.45, 7) is 0. The number of carbonyl (C=O) groups is 2. The summed E-state index contributed by atoms with van der Waals surface area (Å²) < 4.78 is 9.69. The van der Waals surface area contributed by atoms with Crippen molar-refractivity contribution >= 4 is 47.1 Å². The number of aliphatic carboxylic acids is 2. The van der Waals surface area contributed by atoms with Gasteiger partial charge in [0.1, 0.15) is 0 Å². The van der Waals surface area contributed by atoms with E-state index in [9.17, 15) is 30.0 Å². The molecule has 2 aromatic rings. The Bertz CT molecular complexity index is 817. The Morgan fingerprint density at radius 3 is 1.41 bits per heavy atom. The van der Waals surface area contributed by atoms with Gasteiger partial charge in [-0.05, 0) is 47.5 Å². The molecular formula is C20H18MgO8. The Morgan fingerprint density at radius 2 is 1.14 bits per heavy atom. The standard InChI is InChI=1S/2C10H10O4.Mg/c2*1-14-9-6-7(2-4-8(9)11)3-5-10(12)13;/h2*2-6,11H,1H3,(H,12,13);/q;;+2/p-2/b2*5-3+;. The maximum atomic E-state index is 10.1. The first kappa shape index (κ1) is 25.8. The summed E-state index contributed by atoms with van der Waals surface area (Å²) >= 11 is 0. The molecule has 0 fully saturated rings. The summed E-state index contributed by atoms with van der Waals surface area (Å²) in [6.07, 6.45) is 4.53. The fourth-order valence-corrected chi connectivity index (χ4v) is 1.92. The molecule has 29 heavy (non-hydrogen) atoms. The Hall–Kier alpha value is -3.17. The maximum absolute atomic E-state index is 10.1. The van der Waals surface area contributed by atoms with Crippen molar-refractivity contribution < 1.29 is 39.5 Å². The van der Waals surface area contributed by atoms with Crippen molar-refractivity contribution in [3.63, 3.8) is 0 Å². The number of aromatic hydroxyl groups is 2. The van der Waals surface area contributed by atoms with Gasteiger partial charge in [-0.15, -0.1) is 0 Å². The van der Waals surface area contributed by atoms with E-state index in [-0.39, 0.29) is 34.6 Å². The third kappa shape index (κ3) is 9.54. The zero-order chi connectivity index (χ0) is 21.1. The van der Waals surface area contributed by atoms with Crippen LogP contribution in [0.3, 0.4) is 0 Å². The molecule has 0 radical (unpaired) electrons. The molecule has 0 saturated heterocycles. The molecule has 0 aliphatic carbocycles. The van der Waals surface area contributed by atoms with E-state index in [4.69, 9.17) is 9.47 Å². The molecule has 0 heterocycles. The second-order valence-corrected chi connectivity index (χ2v) is 5.17. The normalized spacial score (nSPS) is 10.0. The van der Waals surface area contributed by atoms with Gasteiger partial charge in [-0.1, -0.05) is 24.3 Å². The minimum atomic E-state index is -1.27. The number of hydrogen-bond donors (Lipinski definition) is 2. The zero-order valence-electron chi connectivity index (χ0n) is 15.8. The van der Waals surface area contributed by atoms with Crippen molar-refractivity contribution in [1.29, 1.82) is 0 Å². The third-order valence-corrected chi connectivity index (χ3v) is 3.23. The molecule has 0 saturated carbocycles. The van der Waals surface area contributed by atoms with Crippen molar-refractivity contribution in [1.82, 2.24) is 0 Å². The van der Waals surface area contributed by atoms with Gasteiger partial charge in [-0.3, -0.25) is 0 Å². The van der Waals surface area contributed by atoms with Crippen molar-refractivity contribution in [3.8, 4) is 23.0 Å². The van der Waals surface area contributed by atoms with E-state index in [1.807, 2.05) is 0 Å². The second kappa shape index (κ2) is 13.1. The monoisotopic (exact) mass is 410 g/mol. The molecule has 0 unspecified atom stereocenters. The molecule has 2 rings (SSSR count). The van der Waals surface area contributed by atoms with Crippen LogP contribution >= 0.6 is 0 Å². The molecule has 2 N–H and O–H groups in total. The van der Waals surface area contributed by atoms with Crippen LogP contribution in [0.15, 0.2) is 48.6 Å². The Morgan fingerprint density at radius 1 is 0.793 bits per heavy atom. The van der Waals surface area contributed by atoms with Crippen LogP contribution in [0.2, 0.25) is 0 Å². The van der Waals surface area contributed by atoms with Crippen molar-refractivity contribution in [3.05, 3.63) is 59.7 Å². The van der Waals surface area contributed by atoms with E-state index in [2.05, 4.69) is 0 Å². The van der Waals surface area contributed by atoms with E-state index in [0.29, 0.717) is 22.6 Å². The Kier molecular flexibility index (Phi) is 11.6. The fraction of sp³-hybridized carbons (Fsp3) is 0.100. The largest absolute Gasteiger partial charge is 2.00 e. The van der Waals surface area contributed by atoms with Crippen molar-refractivity contribution in [2.75, 3.05) is 14.2 Å².